The molecule has 5 nitrogen and oxygen atoms in total. The number of aromatic nitrogens is 1. The molecule has 1 N–H and O–H groups in total. The fraction of sp³-hybridized carbons (Fsp3) is 0.429. The average Bonchev–Trinajstić information content (AvgIpc) is 3.03. The zero-order valence-corrected chi connectivity index (χ0v) is 12.4. The SMILES string of the molecule is Cc1csc(=O)n1CCCC(=O)N[C@H](C)c1ccco1. The van der Waals surface area contributed by atoms with Crippen LogP contribution in [-0.2, 0) is 11.3 Å². The molecule has 0 spiro atoms. The molecule has 1 atom stereocenters. The fourth-order valence-electron chi connectivity index (χ4n) is 1.99. The van der Waals surface area contributed by atoms with Gasteiger partial charge in [-0.15, -0.1) is 0 Å². The zero-order valence-electron chi connectivity index (χ0n) is 11.6. The van der Waals surface area contributed by atoms with E-state index in [9.17, 15) is 9.59 Å². The highest BCUT2D eigenvalue weighted by atomic mass is 32.1. The standard InChI is InChI=1S/C14H18N2O3S/c1-10-9-20-14(18)16(10)7-3-6-13(17)15-11(2)12-5-4-8-19-12/h4-5,8-9,11H,3,6-7H2,1-2H3,(H,15,17)/t11-/m1/s1. The van der Waals surface area contributed by atoms with Crippen LogP contribution in [0.25, 0.3) is 0 Å². The van der Waals surface area contributed by atoms with Gasteiger partial charge >= 0.3 is 4.87 Å². The lowest BCUT2D eigenvalue weighted by molar-refractivity contribution is -0.122. The Hall–Kier alpha value is -1.82. The highest BCUT2D eigenvalue weighted by Crippen LogP contribution is 2.12. The highest BCUT2D eigenvalue weighted by molar-refractivity contribution is 7.07. The summed E-state index contributed by atoms with van der Waals surface area (Å²) in [6.07, 6.45) is 2.63. The molecule has 2 aromatic heterocycles. The Bertz CT molecular complexity index is 613. The summed E-state index contributed by atoms with van der Waals surface area (Å²) in [5.41, 5.74) is 0.948. The van der Waals surface area contributed by atoms with Gasteiger partial charge in [-0.25, -0.2) is 0 Å². The Labute approximate surface area is 121 Å². The van der Waals surface area contributed by atoms with Gasteiger partial charge in [-0.1, -0.05) is 11.3 Å². The van der Waals surface area contributed by atoms with Gasteiger partial charge in [0.05, 0.1) is 12.3 Å². The molecule has 2 rings (SSSR count). The summed E-state index contributed by atoms with van der Waals surface area (Å²) in [6, 6.07) is 3.49. The third kappa shape index (κ3) is 3.60. The van der Waals surface area contributed by atoms with Crippen molar-refractivity contribution >= 4 is 17.2 Å². The summed E-state index contributed by atoms with van der Waals surface area (Å²) < 4.78 is 6.93. The van der Waals surface area contributed by atoms with Crippen LogP contribution in [0.2, 0.25) is 0 Å². The number of rotatable bonds is 6. The second kappa shape index (κ2) is 6.56. The van der Waals surface area contributed by atoms with Crippen LogP contribution in [0.5, 0.6) is 0 Å². The molecule has 0 aromatic carbocycles. The number of nitrogens with one attached hydrogen (secondary N) is 1. The summed E-state index contributed by atoms with van der Waals surface area (Å²) in [5.74, 6) is 0.707. The van der Waals surface area contributed by atoms with Gasteiger partial charge in [0.15, 0.2) is 0 Å². The van der Waals surface area contributed by atoms with E-state index < -0.39 is 0 Å². The maximum atomic E-state index is 11.8. The lowest BCUT2D eigenvalue weighted by Crippen LogP contribution is -2.26. The van der Waals surface area contributed by atoms with E-state index in [0.717, 1.165) is 11.5 Å². The van der Waals surface area contributed by atoms with Gasteiger partial charge in [-0.2, -0.15) is 0 Å². The van der Waals surface area contributed by atoms with Crippen molar-refractivity contribution in [1.82, 2.24) is 9.88 Å². The number of hydrogen-bond acceptors (Lipinski definition) is 4. The van der Waals surface area contributed by atoms with Crippen LogP contribution >= 0.6 is 11.3 Å². The minimum absolute atomic E-state index is 0.0326. The molecule has 0 aliphatic heterocycles. The molecule has 6 heteroatoms. The van der Waals surface area contributed by atoms with Gasteiger partial charge in [-0.05, 0) is 32.4 Å². The first-order valence-electron chi connectivity index (χ1n) is 6.55. The van der Waals surface area contributed by atoms with Gasteiger partial charge in [0.2, 0.25) is 5.91 Å². The molecule has 0 aliphatic carbocycles. The van der Waals surface area contributed by atoms with Crippen molar-refractivity contribution in [3.63, 3.8) is 0 Å². The molecule has 0 bridgehead atoms. The molecule has 2 aromatic rings. The van der Waals surface area contributed by atoms with E-state index in [-0.39, 0.29) is 16.8 Å². The maximum Gasteiger partial charge on any atom is 0.307 e. The lowest BCUT2D eigenvalue weighted by atomic mass is 10.2. The third-order valence-electron chi connectivity index (χ3n) is 3.11. The topological polar surface area (TPSA) is 64.2 Å². The Morgan fingerprint density at radius 1 is 1.55 bits per heavy atom. The van der Waals surface area contributed by atoms with Crippen molar-refractivity contribution in [2.24, 2.45) is 0 Å². The number of hydrogen-bond donors (Lipinski definition) is 1. The highest BCUT2D eigenvalue weighted by Gasteiger charge is 2.11. The molecule has 2 heterocycles. The molecule has 0 aliphatic rings. The van der Waals surface area contributed by atoms with Gasteiger partial charge in [0, 0.05) is 24.0 Å². The van der Waals surface area contributed by atoms with Crippen LogP contribution < -0.4 is 10.2 Å². The van der Waals surface area contributed by atoms with E-state index in [2.05, 4.69) is 5.32 Å². The molecule has 1 amide bonds. The van der Waals surface area contributed by atoms with Crippen LogP contribution in [0.3, 0.4) is 0 Å². The monoisotopic (exact) mass is 294 g/mol. The minimum atomic E-state index is -0.136. The van der Waals surface area contributed by atoms with E-state index in [1.165, 1.54) is 11.3 Å². The number of carbonyl (C=O) groups excluding carboxylic acids is 1. The summed E-state index contributed by atoms with van der Waals surface area (Å²) in [5, 5.41) is 4.71. The van der Waals surface area contributed by atoms with E-state index >= 15 is 0 Å². The maximum absolute atomic E-state index is 11.8. The lowest BCUT2D eigenvalue weighted by Gasteiger charge is -2.11. The third-order valence-corrected chi connectivity index (χ3v) is 3.99. The van der Waals surface area contributed by atoms with Crippen LogP contribution in [0.4, 0.5) is 0 Å². The smallest absolute Gasteiger partial charge is 0.307 e. The van der Waals surface area contributed by atoms with E-state index in [1.807, 2.05) is 25.3 Å². The summed E-state index contributed by atoms with van der Waals surface area (Å²) in [7, 11) is 0. The number of nitrogens with zero attached hydrogens (tertiary/aromatic N) is 1. The molecule has 0 unspecified atom stereocenters. The Balaban J connectivity index is 1.77. The summed E-state index contributed by atoms with van der Waals surface area (Å²) in [6.45, 7) is 4.36. The first-order valence-corrected chi connectivity index (χ1v) is 7.43. The van der Waals surface area contributed by atoms with E-state index in [4.69, 9.17) is 4.42 Å². The van der Waals surface area contributed by atoms with E-state index in [1.54, 1.807) is 16.9 Å². The molecule has 20 heavy (non-hydrogen) atoms. The molecule has 0 saturated heterocycles. The van der Waals surface area contributed by atoms with Crippen LogP contribution in [0, 0.1) is 6.92 Å². The number of carbonyl (C=O) groups is 1. The number of amides is 1. The van der Waals surface area contributed by atoms with Crippen molar-refractivity contribution in [3.8, 4) is 0 Å². The quantitative estimate of drug-likeness (QED) is 0.890. The van der Waals surface area contributed by atoms with E-state index in [0.29, 0.717) is 19.4 Å². The van der Waals surface area contributed by atoms with Crippen LogP contribution in [-0.4, -0.2) is 10.5 Å². The normalized spacial score (nSPS) is 12.3. The molecular formula is C14H18N2O3S. The van der Waals surface area contributed by atoms with Crippen molar-refractivity contribution in [3.05, 3.63) is 44.9 Å². The zero-order chi connectivity index (χ0) is 14.5. The fourth-order valence-corrected chi connectivity index (χ4v) is 2.76. The van der Waals surface area contributed by atoms with Crippen LogP contribution in [0.15, 0.2) is 33.0 Å². The summed E-state index contributed by atoms with van der Waals surface area (Å²) >= 11 is 1.19. The van der Waals surface area contributed by atoms with Crippen LogP contribution in [0.1, 0.15) is 37.3 Å². The first-order chi connectivity index (χ1) is 9.58. The minimum Gasteiger partial charge on any atom is -0.467 e. The first kappa shape index (κ1) is 14.6. The Kier molecular flexibility index (Phi) is 4.79. The second-order valence-corrected chi connectivity index (χ2v) is 5.52. The number of thiazole rings is 1. The molecule has 0 saturated carbocycles. The molecular weight excluding hydrogens is 276 g/mol. The molecule has 0 fully saturated rings. The van der Waals surface area contributed by atoms with Gasteiger partial charge in [0.1, 0.15) is 5.76 Å². The van der Waals surface area contributed by atoms with Crippen molar-refractivity contribution < 1.29 is 9.21 Å². The predicted molar refractivity (Wildman–Crippen MR) is 77.8 cm³/mol. The number of furan rings is 1. The van der Waals surface area contributed by atoms with Gasteiger partial charge in [-0.3, -0.25) is 9.59 Å². The Morgan fingerprint density at radius 2 is 2.35 bits per heavy atom. The predicted octanol–water partition coefficient (Wildman–Crippen LogP) is 2.47. The van der Waals surface area contributed by atoms with Crippen molar-refractivity contribution in [2.45, 2.75) is 39.3 Å². The largest absolute Gasteiger partial charge is 0.467 e. The summed E-state index contributed by atoms with van der Waals surface area (Å²) in [4.78, 5) is 23.4. The Morgan fingerprint density at radius 3 is 2.95 bits per heavy atom. The second-order valence-electron chi connectivity index (χ2n) is 4.70. The van der Waals surface area contributed by atoms with Gasteiger partial charge in [0.25, 0.3) is 0 Å². The van der Waals surface area contributed by atoms with Gasteiger partial charge < -0.3 is 14.3 Å². The average molecular weight is 294 g/mol. The molecule has 108 valence electrons. The van der Waals surface area contributed by atoms with Crippen molar-refractivity contribution in [1.29, 1.82) is 0 Å². The van der Waals surface area contributed by atoms with Crippen molar-refractivity contribution in [2.75, 3.05) is 0 Å². The molecule has 0 radical (unpaired) electrons. The number of aryl methyl sites for hydroxylation is 1.